The van der Waals surface area contributed by atoms with E-state index in [0.717, 1.165) is 46.4 Å². The van der Waals surface area contributed by atoms with Crippen LogP contribution in [0.1, 0.15) is 43.7 Å². The summed E-state index contributed by atoms with van der Waals surface area (Å²) in [5, 5.41) is 14.0. The number of aromatic nitrogens is 3. The van der Waals surface area contributed by atoms with E-state index in [1.54, 1.807) is 0 Å². The second kappa shape index (κ2) is 9.03. The highest BCUT2D eigenvalue weighted by atomic mass is 15.3. The van der Waals surface area contributed by atoms with Gasteiger partial charge in [0.25, 0.3) is 0 Å². The van der Waals surface area contributed by atoms with Crippen molar-refractivity contribution in [2.24, 2.45) is 5.92 Å². The number of rotatable bonds is 4. The Balaban J connectivity index is 1.59. The summed E-state index contributed by atoms with van der Waals surface area (Å²) in [6.07, 6.45) is 9.03. The molecule has 33 heavy (non-hydrogen) atoms. The van der Waals surface area contributed by atoms with E-state index in [1.165, 1.54) is 30.4 Å². The molecule has 0 fully saturated rings. The van der Waals surface area contributed by atoms with Gasteiger partial charge in [0, 0.05) is 17.7 Å². The molecule has 0 amide bonds. The molecule has 4 aromatic rings. The Bertz CT molecular complexity index is 1350. The van der Waals surface area contributed by atoms with Crippen LogP contribution in [0.2, 0.25) is 0 Å². The van der Waals surface area contributed by atoms with Crippen LogP contribution >= 0.6 is 0 Å². The number of fused-ring (bicyclic) bond motifs is 1. The molecular formula is C29H28N4. The third-order valence-corrected chi connectivity index (χ3v) is 6.72. The van der Waals surface area contributed by atoms with Crippen molar-refractivity contribution < 1.29 is 0 Å². The van der Waals surface area contributed by atoms with Gasteiger partial charge < -0.3 is 0 Å². The zero-order valence-corrected chi connectivity index (χ0v) is 19.3. The molecule has 1 unspecified atom stereocenters. The maximum atomic E-state index is 9.22. The average molecular weight is 433 g/mol. The SMILES string of the molecule is CC1=CCCC(Cn2ncc3nc(-c4ccc(C)cc4)c(-c4ccc(C#N)cc4)cc32)CC1. The minimum atomic E-state index is 0.622. The third-order valence-electron chi connectivity index (χ3n) is 6.72. The third kappa shape index (κ3) is 4.45. The zero-order valence-electron chi connectivity index (χ0n) is 19.3. The van der Waals surface area contributed by atoms with Crippen molar-refractivity contribution in [3.8, 4) is 28.5 Å². The van der Waals surface area contributed by atoms with E-state index in [4.69, 9.17) is 10.1 Å². The summed E-state index contributed by atoms with van der Waals surface area (Å²) in [7, 11) is 0. The topological polar surface area (TPSA) is 54.5 Å². The van der Waals surface area contributed by atoms with Crippen molar-refractivity contribution in [1.82, 2.24) is 14.8 Å². The standard InChI is InChI=1S/C29H28N4/c1-20-4-3-5-23(9-6-20)19-33-28-16-26(24-14-10-22(17-30)11-15-24)29(32-27(28)18-31-33)25-12-7-21(2)8-13-25/h4,7-8,10-16,18,23H,3,5-6,9,19H2,1-2H3. The fraction of sp³-hybridized carbons (Fsp3) is 0.276. The lowest BCUT2D eigenvalue weighted by atomic mass is 9.97. The van der Waals surface area contributed by atoms with Gasteiger partial charge in [0.05, 0.1) is 29.0 Å². The second-order valence-corrected chi connectivity index (χ2v) is 9.20. The minimum absolute atomic E-state index is 0.622. The molecular weight excluding hydrogens is 404 g/mol. The maximum Gasteiger partial charge on any atom is 0.109 e. The summed E-state index contributed by atoms with van der Waals surface area (Å²) in [6.45, 7) is 5.26. The van der Waals surface area contributed by atoms with Gasteiger partial charge >= 0.3 is 0 Å². The van der Waals surface area contributed by atoms with Gasteiger partial charge in [-0.1, -0.05) is 53.6 Å². The second-order valence-electron chi connectivity index (χ2n) is 9.20. The smallest absolute Gasteiger partial charge is 0.109 e. The molecule has 0 bridgehead atoms. The number of nitrogens with zero attached hydrogens (tertiary/aromatic N) is 4. The molecule has 2 heterocycles. The number of pyridine rings is 1. The molecule has 0 saturated heterocycles. The first-order valence-electron chi connectivity index (χ1n) is 11.7. The van der Waals surface area contributed by atoms with Crippen LogP contribution in [0.5, 0.6) is 0 Å². The Morgan fingerprint density at radius 2 is 1.76 bits per heavy atom. The van der Waals surface area contributed by atoms with Crippen molar-refractivity contribution in [3.05, 3.63) is 83.6 Å². The van der Waals surface area contributed by atoms with Crippen LogP contribution in [0, 0.1) is 24.2 Å². The van der Waals surface area contributed by atoms with E-state index in [-0.39, 0.29) is 0 Å². The van der Waals surface area contributed by atoms with E-state index < -0.39 is 0 Å². The first-order valence-corrected chi connectivity index (χ1v) is 11.7. The lowest BCUT2D eigenvalue weighted by Crippen LogP contribution is -2.11. The largest absolute Gasteiger partial charge is 0.263 e. The van der Waals surface area contributed by atoms with Crippen LogP contribution in [0.15, 0.2) is 72.4 Å². The zero-order chi connectivity index (χ0) is 22.8. The summed E-state index contributed by atoms with van der Waals surface area (Å²) in [5.74, 6) is 0.622. The fourth-order valence-corrected chi connectivity index (χ4v) is 4.70. The summed E-state index contributed by atoms with van der Waals surface area (Å²) in [6, 6.07) is 20.7. The van der Waals surface area contributed by atoms with Gasteiger partial charge in [0.1, 0.15) is 5.52 Å². The molecule has 0 N–H and O–H groups in total. The molecule has 2 aromatic carbocycles. The Hall–Kier alpha value is -3.71. The number of aryl methyl sites for hydroxylation is 1. The highest BCUT2D eigenvalue weighted by molar-refractivity contribution is 5.90. The van der Waals surface area contributed by atoms with Crippen molar-refractivity contribution in [1.29, 1.82) is 5.26 Å². The monoisotopic (exact) mass is 432 g/mol. The summed E-state index contributed by atoms with van der Waals surface area (Å²) < 4.78 is 2.14. The van der Waals surface area contributed by atoms with Crippen molar-refractivity contribution in [3.63, 3.8) is 0 Å². The molecule has 164 valence electrons. The molecule has 1 aliphatic rings. The van der Waals surface area contributed by atoms with Crippen LogP contribution < -0.4 is 0 Å². The normalized spacial score (nSPS) is 16.3. The molecule has 4 heteroatoms. The van der Waals surface area contributed by atoms with Gasteiger partial charge in [-0.3, -0.25) is 4.68 Å². The molecule has 1 aliphatic carbocycles. The molecule has 1 atom stereocenters. The molecule has 0 saturated carbocycles. The molecule has 0 spiro atoms. The van der Waals surface area contributed by atoms with Gasteiger partial charge in [-0.05, 0) is 69.2 Å². The highest BCUT2D eigenvalue weighted by Crippen LogP contribution is 2.34. The maximum absolute atomic E-state index is 9.22. The molecule has 2 aromatic heterocycles. The van der Waals surface area contributed by atoms with Crippen LogP contribution in [-0.4, -0.2) is 14.8 Å². The van der Waals surface area contributed by atoms with Gasteiger partial charge in [-0.15, -0.1) is 0 Å². The van der Waals surface area contributed by atoms with E-state index in [2.05, 4.69) is 61.0 Å². The molecule has 0 radical (unpaired) electrons. The Labute approximate surface area is 195 Å². The van der Waals surface area contributed by atoms with Crippen LogP contribution in [0.25, 0.3) is 33.4 Å². The first-order chi connectivity index (χ1) is 16.1. The molecule has 5 rings (SSSR count). The predicted molar refractivity (Wildman–Crippen MR) is 134 cm³/mol. The van der Waals surface area contributed by atoms with E-state index in [0.29, 0.717) is 11.5 Å². The Kier molecular flexibility index (Phi) is 5.79. The number of allylic oxidation sites excluding steroid dienone is 2. The quantitative estimate of drug-likeness (QED) is 0.324. The Morgan fingerprint density at radius 1 is 1.00 bits per heavy atom. The summed E-state index contributed by atoms with van der Waals surface area (Å²) in [4.78, 5) is 5.08. The van der Waals surface area contributed by atoms with Crippen molar-refractivity contribution in [2.75, 3.05) is 0 Å². The number of hydrogen-bond donors (Lipinski definition) is 0. The van der Waals surface area contributed by atoms with Gasteiger partial charge in [0.15, 0.2) is 0 Å². The predicted octanol–water partition coefficient (Wildman–Crippen LogP) is 7.08. The Morgan fingerprint density at radius 3 is 2.52 bits per heavy atom. The van der Waals surface area contributed by atoms with Gasteiger partial charge in [-0.2, -0.15) is 10.4 Å². The van der Waals surface area contributed by atoms with Crippen molar-refractivity contribution in [2.45, 2.75) is 46.1 Å². The number of nitriles is 1. The number of benzene rings is 2. The summed E-state index contributed by atoms with van der Waals surface area (Å²) >= 11 is 0. The van der Waals surface area contributed by atoms with E-state index in [9.17, 15) is 5.26 Å². The van der Waals surface area contributed by atoms with E-state index in [1.807, 2.05) is 30.5 Å². The minimum Gasteiger partial charge on any atom is -0.263 e. The van der Waals surface area contributed by atoms with Gasteiger partial charge in [0.2, 0.25) is 0 Å². The number of hydrogen-bond acceptors (Lipinski definition) is 3. The summed E-state index contributed by atoms with van der Waals surface area (Å²) in [5.41, 5.74) is 9.53. The highest BCUT2D eigenvalue weighted by Gasteiger charge is 2.18. The van der Waals surface area contributed by atoms with Crippen LogP contribution in [0.4, 0.5) is 0 Å². The van der Waals surface area contributed by atoms with Crippen molar-refractivity contribution >= 4 is 11.0 Å². The lowest BCUT2D eigenvalue weighted by Gasteiger charge is -2.16. The average Bonchev–Trinajstić information content (AvgIpc) is 3.11. The molecule has 0 aliphatic heterocycles. The fourth-order valence-electron chi connectivity index (χ4n) is 4.70. The lowest BCUT2D eigenvalue weighted by molar-refractivity contribution is 0.385. The molecule has 4 nitrogen and oxygen atoms in total. The first kappa shape index (κ1) is 21.2. The van der Waals surface area contributed by atoms with Gasteiger partial charge in [-0.25, -0.2) is 4.98 Å². The van der Waals surface area contributed by atoms with Crippen LogP contribution in [0.3, 0.4) is 0 Å². The van der Waals surface area contributed by atoms with Crippen LogP contribution in [-0.2, 0) is 6.54 Å². The van der Waals surface area contributed by atoms with E-state index >= 15 is 0 Å².